The minimum Gasteiger partial charge on any atom is -0.255 e. The number of thiazole rings is 1. The molecule has 0 spiro atoms. The van der Waals surface area contributed by atoms with E-state index >= 15 is 0 Å². The van der Waals surface area contributed by atoms with Gasteiger partial charge in [0.05, 0.1) is 28.3 Å². The Hall–Kier alpha value is -2.23. The summed E-state index contributed by atoms with van der Waals surface area (Å²) in [4.78, 5) is 16.9. The van der Waals surface area contributed by atoms with Crippen LogP contribution in [0.3, 0.4) is 0 Å². The Morgan fingerprint density at radius 1 is 0.625 bits per heavy atom. The van der Waals surface area contributed by atoms with Crippen molar-refractivity contribution in [3.63, 3.8) is 0 Å². The van der Waals surface area contributed by atoms with Gasteiger partial charge in [0.2, 0.25) is 0 Å². The molecular formula is C18H14N4PtS+2. The van der Waals surface area contributed by atoms with Gasteiger partial charge in [0.25, 0.3) is 0 Å². The Bertz CT molecular complexity index is 752. The molecule has 0 unspecified atom stereocenters. The summed E-state index contributed by atoms with van der Waals surface area (Å²) in [6.45, 7) is 0. The molecule has 0 radical (unpaired) electrons. The predicted octanol–water partition coefficient (Wildman–Crippen LogP) is 4.35. The summed E-state index contributed by atoms with van der Waals surface area (Å²) in [5.74, 6) is 0. The maximum absolute atomic E-state index is 4.59. The fourth-order valence-corrected chi connectivity index (χ4v) is 2.28. The number of hydrogen-bond donors (Lipinski definition) is 0. The van der Waals surface area contributed by atoms with Crippen LogP contribution < -0.4 is 0 Å². The van der Waals surface area contributed by atoms with Gasteiger partial charge in [-0.05, 0) is 36.4 Å². The van der Waals surface area contributed by atoms with E-state index in [-0.39, 0.29) is 21.1 Å². The van der Waals surface area contributed by atoms with Gasteiger partial charge in [0.15, 0.2) is 0 Å². The Morgan fingerprint density at radius 2 is 1.21 bits per heavy atom. The second-order valence-corrected chi connectivity index (χ2v) is 5.27. The summed E-state index contributed by atoms with van der Waals surface area (Å²) in [5, 5.41) is 1.93. The molecule has 4 rings (SSSR count). The molecule has 4 heterocycles. The molecule has 4 aromatic heterocycles. The fraction of sp³-hybridized carbons (Fsp3) is 0. The number of nitrogens with zero attached hydrogens (tertiary/aromatic N) is 4. The normalized spacial score (nSPS) is 9.33. The second kappa shape index (κ2) is 9.81. The van der Waals surface area contributed by atoms with E-state index in [1.54, 1.807) is 35.4 Å². The van der Waals surface area contributed by atoms with Crippen LogP contribution in [-0.4, -0.2) is 19.9 Å². The Labute approximate surface area is 159 Å². The van der Waals surface area contributed by atoms with Gasteiger partial charge in [-0.1, -0.05) is 18.2 Å². The van der Waals surface area contributed by atoms with E-state index < -0.39 is 0 Å². The zero-order valence-corrected chi connectivity index (χ0v) is 15.7. The molecule has 0 aliphatic carbocycles. The van der Waals surface area contributed by atoms with Gasteiger partial charge < -0.3 is 0 Å². The molecule has 0 aliphatic rings. The van der Waals surface area contributed by atoms with Crippen molar-refractivity contribution in [1.29, 1.82) is 0 Å². The van der Waals surface area contributed by atoms with Crippen molar-refractivity contribution in [2.45, 2.75) is 0 Å². The zero-order valence-electron chi connectivity index (χ0n) is 12.6. The minimum atomic E-state index is 0. The van der Waals surface area contributed by atoms with Crippen molar-refractivity contribution in [1.82, 2.24) is 19.9 Å². The van der Waals surface area contributed by atoms with Gasteiger partial charge >= 0.3 is 21.1 Å². The predicted molar refractivity (Wildman–Crippen MR) is 92.8 cm³/mol. The molecule has 0 aliphatic heterocycles. The van der Waals surface area contributed by atoms with Crippen molar-refractivity contribution in [3.05, 3.63) is 84.1 Å². The molecular weight excluding hydrogens is 499 g/mol. The number of hydrogen-bond acceptors (Lipinski definition) is 5. The molecule has 0 aromatic carbocycles. The third kappa shape index (κ3) is 5.15. The molecule has 0 saturated carbocycles. The summed E-state index contributed by atoms with van der Waals surface area (Å²) < 4.78 is 0. The van der Waals surface area contributed by atoms with E-state index in [1.807, 2.05) is 60.0 Å². The van der Waals surface area contributed by atoms with E-state index in [2.05, 4.69) is 19.9 Å². The maximum atomic E-state index is 4.59. The van der Waals surface area contributed by atoms with Crippen LogP contribution in [0.2, 0.25) is 0 Å². The van der Waals surface area contributed by atoms with E-state index in [0.717, 1.165) is 22.8 Å². The zero-order chi connectivity index (χ0) is 15.7. The van der Waals surface area contributed by atoms with Crippen LogP contribution in [0.15, 0.2) is 84.1 Å². The van der Waals surface area contributed by atoms with Crippen molar-refractivity contribution in [3.8, 4) is 22.8 Å². The number of rotatable bonds is 2. The SMILES string of the molecule is [Pt+2].c1ccc(-c2cccc(-c3ccccn3)n2)nc1.c1cscn1. The second-order valence-electron chi connectivity index (χ2n) is 4.51. The van der Waals surface area contributed by atoms with Crippen LogP contribution in [0.1, 0.15) is 0 Å². The van der Waals surface area contributed by atoms with Crippen LogP contribution >= 0.6 is 11.3 Å². The van der Waals surface area contributed by atoms with E-state index in [1.165, 1.54) is 0 Å². The van der Waals surface area contributed by atoms with Crippen LogP contribution in [0, 0.1) is 0 Å². The first kappa shape index (κ1) is 18.1. The minimum absolute atomic E-state index is 0. The average molecular weight is 513 g/mol. The quantitative estimate of drug-likeness (QED) is 0.400. The van der Waals surface area contributed by atoms with Gasteiger partial charge in [-0.15, -0.1) is 11.3 Å². The van der Waals surface area contributed by atoms with Gasteiger partial charge in [0.1, 0.15) is 0 Å². The summed E-state index contributed by atoms with van der Waals surface area (Å²) in [5.41, 5.74) is 5.25. The Balaban J connectivity index is 0.000000300. The maximum Gasteiger partial charge on any atom is 2.00 e. The smallest absolute Gasteiger partial charge is 0.255 e. The fourth-order valence-electron chi connectivity index (χ4n) is 1.92. The van der Waals surface area contributed by atoms with Crippen molar-refractivity contribution in [2.75, 3.05) is 0 Å². The molecule has 0 atom stereocenters. The van der Waals surface area contributed by atoms with Gasteiger partial charge in [0, 0.05) is 24.0 Å². The molecule has 4 nitrogen and oxygen atoms in total. The molecule has 6 heteroatoms. The summed E-state index contributed by atoms with van der Waals surface area (Å²) in [6.07, 6.45) is 5.31. The first-order valence-corrected chi connectivity index (χ1v) is 8.00. The van der Waals surface area contributed by atoms with Crippen molar-refractivity contribution >= 4 is 11.3 Å². The first-order valence-electron chi connectivity index (χ1n) is 7.05. The monoisotopic (exact) mass is 513 g/mol. The van der Waals surface area contributed by atoms with Crippen molar-refractivity contribution < 1.29 is 21.1 Å². The van der Waals surface area contributed by atoms with Gasteiger partial charge in [-0.25, -0.2) is 4.98 Å². The number of pyridine rings is 3. The molecule has 120 valence electrons. The van der Waals surface area contributed by atoms with Crippen molar-refractivity contribution in [2.24, 2.45) is 0 Å². The molecule has 0 N–H and O–H groups in total. The first-order chi connectivity index (χ1) is 11.4. The summed E-state index contributed by atoms with van der Waals surface area (Å²) in [7, 11) is 0. The topological polar surface area (TPSA) is 51.6 Å². The van der Waals surface area contributed by atoms with E-state index in [9.17, 15) is 0 Å². The molecule has 0 saturated heterocycles. The third-order valence-corrected chi connectivity index (χ3v) is 3.47. The van der Waals surface area contributed by atoms with Crippen LogP contribution in [-0.2, 0) is 21.1 Å². The molecule has 0 bridgehead atoms. The van der Waals surface area contributed by atoms with Crippen LogP contribution in [0.25, 0.3) is 22.8 Å². The van der Waals surface area contributed by atoms with Crippen LogP contribution in [0.4, 0.5) is 0 Å². The van der Waals surface area contributed by atoms with E-state index in [4.69, 9.17) is 0 Å². The third-order valence-electron chi connectivity index (χ3n) is 2.95. The molecule has 24 heavy (non-hydrogen) atoms. The molecule has 0 fully saturated rings. The average Bonchev–Trinajstić information content (AvgIpc) is 3.23. The summed E-state index contributed by atoms with van der Waals surface area (Å²) in [6, 6.07) is 17.5. The van der Waals surface area contributed by atoms with Crippen LogP contribution in [0.5, 0.6) is 0 Å². The summed E-state index contributed by atoms with van der Waals surface area (Å²) >= 11 is 1.60. The Morgan fingerprint density at radius 3 is 1.58 bits per heavy atom. The largest absolute Gasteiger partial charge is 2.00 e. The number of aromatic nitrogens is 4. The van der Waals surface area contributed by atoms with Gasteiger partial charge in [-0.3, -0.25) is 15.0 Å². The standard InChI is InChI=1S/C15H11N3.C3H3NS.Pt/c1-3-10-16-12(6-1)14-8-5-9-15(18-14)13-7-2-4-11-17-13;1-2-5-3-4-1;/h1-11H;1-3H;/q;;+2. The van der Waals surface area contributed by atoms with E-state index in [0.29, 0.717) is 0 Å². The Kier molecular flexibility index (Phi) is 7.40. The molecule has 0 amide bonds. The molecule has 4 aromatic rings. The van der Waals surface area contributed by atoms with Gasteiger partial charge in [-0.2, -0.15) is 0 Å².